The van der Waals surface area contributed by atoms with Gasteiger partial charge >= 0.3 is 5.97 Å². The summed E-state index contributed by atoms with van der Waals surface area (Å²) >= 11 is 1.58. The number of aromatic nitrogens is 2. The first-order valence-corrected chi connectivity index (χ1v) is 5.83. The second kappa shape index (κ2) is 5.07. The summed E-state index contributed by atoms with van der Waals surface area (Å²) in [6, 6.07) is 1.41. The molecule has 0 spiro atoms. The molecule has 2 N–H and O–H groups in total. The van der Waals surface area contributed by atoms with E-state index in [0.717, 1.165) is 10.7 Å². The van der Waals surface area contributed by atoms with Crippen LogP contribution in [0.3, 0.4) is 0 Å². The highest BCUT2D eigenvalue weighted by Crippen LogP contribution is 2.09. The first kappa shape index (κ1) is 11.7. The average Bonchev–Trinajstić information content (AvgIpc) is 2.88. The number of hydrogen-bond acceptors (Lipinski definition) is 6. The van der Waals surface area contributed by atoms with Gasteiger partial charge in [0.05, 0.1) is 6.54 Å². The lowest BCUT2D eigenvalue weighted by Crippen LogP contribution is -2.11. The van der Waals surface area contributed by atoms with Gasteiger partial charge in [0.1, 0.15) is 5.01 Å². The average molecular weight is 253 g/mol. The first-order valence-electron chi connectivity index (χ1n) is 4.96. The van der Waals surface area contributed by atoms with Crippen LogP contribution in [0.4, 0.5) is 0 Å². The second-order valence-corrected chi connectivity index (χ2v) is 4.41. The number of carboxylic acids is 1. The number of thiazole rings is 1. The van der Waals surface area contributed by atoms with Crippen LogP contribution in [-0.2, 0) is 13.1 Å². The molecule has 2 rings (SSSR count). The van der Waals surface area contributed by atoms with Crippen LogP contribution >= 0.6 is 11.3 Å². The number of nitrogens with zero attached hydrogens (tertiary/aromatic N) is 2. The molecule has 2 heterocycles. The normalized spacial score (nSPS) is 10.6. The Morgan fingerprint density at radius 1 is 1.59 bits per heavy atom. The van der Waals surface area contributed by atoms with Crippen molar-refractivity contribution in [1.29, 1.82) is 0 Å². The molecule has 7 heteroatoms. The van der Waals surface area contributed by atoms with Crippen LogP contribution < -0.4 is 5.32 Å². The molecule has 0 atom stereocenters. The number of aromatic carboxylic acids is 1. The number of nitrogens with one attached hydrogen (secondary N) is 1. The zero-order valence-electron chi connectivity index (χ0n) is 9.14. The molecule has 0 saturated heterocycles. The molecule has 2 aromatic rings. The van der Waals surface area contributed by atoms with Crippen molar-refractivity contribution in [2.75, 3.05) is 0 Å². The maximum Gasteiger partial charge on any atom is 0.358 e. The van der Waals surface area contributed by atoms with E-state index in [1.807, 2.05) is 12.3 Å². The molecule has 0 fully saturated rings. The summed E-state index contributed by atoms with van der Waals surface area (Å²) in [6.45, 7) is 3.00. The molecule has 0 saturated carbocycles. The van der Waals surface area contributed by atoms with E-state index in [9.17, 15) is 4.79 Å². The van der Waals surface area contributed by atoms with Crippen LogP contribution in [0.15, 0.2) is 16.0 Å². The summed E-state index contributed by atoms with van der Waals surface area (Å²) in [7, 11) is 0. The standard InChI is InChI=1S/C10H11N3O3S/c1-6-5-17-9(12-6)4-11-3-7-2-8(10(14)15)13-16-7/h2,5,11H,3-4H2,1H3,(H,14,15). The van der Waals surface area contributed by atoms with E-state index in [1.165, 1.54) is 6.07 Å². The van der Waals surface area contributed by atoms with Crippen molar-refractivity contribution in [3.63, 3.8) is 0 Å². The number of rotatable bonds is 5. The largest absolute Gasteiger partial charge is 0.476 e. The SMILES string of the molecule is Cc1csc(CNCc2cc(C(=O)O)no2)n1. The molecule has 17 heavy (non-hydrogen) atoms. The van der Waals surface area contributed by atoms with Gasteiger partial charge in [-0.2, -0.15) is 0 Å². The molecule has 2 aromatic heterocycles. The molecule has 0 aliphatic heterocycles. The Morgan fingerprint density at radius 3 is 3.00 bits per heavy atom. The second-order valence-electron chi connectivity index (χ2n) is 3.47. The topological polar surface area (TPSA) is 88.2 Å². The fourth-order valence-electron chi connectivity index (χ4n) is 1.27. The van der Waals surface area contributed by atoms with Gasteiger partial charge in [0.25, 0.3) is 0 Å². The summed E-state index contributed by atoms with van der Waals surface area (Å²) in [6.07, 6.45) is 0. The molecule has 0 unspecified atom stereocenters. The van der Waals surface area contributed by atoms with Crippen molar-refractivity contribution in [2.24, 2.45) is 0 Å². The number of hydrogen-bond donors (Lipinski definition) is 2. The number of carbonyl (C=O) groups is 1. The first-order chi connectivity index (χ1) is 8.15. The molecule has 0 radical (unpaired) electrons. The van der Waals surface area contributed by atoms with Crippen molar-refractivity contribution in [1.82, 2.24) is 15.5 Å². The Bertz CT molecular complexity index is 520. The smallest absolute Gasteiger partial charge is 0.358 e. The molecule has 90 valence electrons. The third-order valence-electron chi connectivity index (χ3n) is 2.02. The summed E-state index contributed by atoms with van der Waals surface area (Å²) in [4.78, 5) is 14.9. The van der Waals surface area contributed by atoms with E-state index in [1.54, 1.807) is 11.3 Å². The van der Waals surface area contributed by atoms with Gasteiger partial charge in [0, 0.05) is 23.7 Å². The van der Waals surface area contributed by atoms with Gasteiger partial charge in [-0.25, -0.2) is 9.78 Å². The number of aryl methyl sites for hydroxylation is 1. The van der Waals surface area contributed by atoms with E-state index < -0.39 is 5.97 Å². The molecular weight excluding hydrogens is 242 g/mol. The van der Waals surface area contributed by atoms with Gasteiger partial charge < -0.3 is 14.9 Å². The lowest BCUT2D eigenvalue weighted by molar-refractivity contribution is 0.0685. The minimum atomic E-state index is -1.09. The molecule has 6 nitrogen and oxygen atoms in total. The van der Waals surface area contributed by atoms with Crippen molar-refractivity contribution in [2.45, 2.75) is 20.0 Å². The van der Waals surface area contributed by atoms with Crippen molar-refractivity contribution < 1.29 is 14.4 Å². The van der Waals surface area contributed by atoms with E-state index in [2.05, 4.69) is 15.5 Å². The lowest BCUT2D eigenvalue weighted by atomic mass is 10.3. The highest BCUT2D eigenvalue weighted by molar-refractivity contribution is 7.09. The van der Waals surface area contributed by atoms with E-state index in [0.29, 0.717) is 18.8 Å². The van der Waals surface area contributed by atoms with Crippen LogP contribution in [0.1, 0.15) is 27.0 Å². The fourth-order valence-corrected chi connectivity index (χ4v) is 2.02. The van der Waals surface area contributed by atoms with E-state index in [4.69, 9.17) is 9.63 Å². The Hall–Kier alpha value is -1.73. The van der Waals surface area contributed by atoms with Gasteiger partial charge in [0.15, 0.2) is 11.5 Å². The molecule has 0 amide bonds. The van der Waals surface area contributed by atoms with Crippen molar-refractivity contribution in [3.8, 4) is 0 Å². The fraction of sp³-hybridized carbons (Fsp3) is 0.300. The monoisotopic (exact) mass is 253 g/mol. The van der Waals surface area contributed by atoms with Gasteiger partial charge in [0.2, 0.25) is 0 Å². The minimum absolute atomic E-state index is 0.0770. The third kappa shape index (κ3) is 3.11. The Labute approximate surface area is 101 Å². The van der Waals surface area contributed by atoms with Crippen LogP contribution in [-0.4, -0.2) is 21.2 Å². The van der Waals surface area contributed by atoms with Gasteiger partial charge in [-0.05, 0) is 6.92 Å². The molecule has 0 aliphatic rings. The maximum atomic E-state index is 10.6. The van der Waals surface area contributed by atoms with Crippen LogP contribution in [0, 0.1) is 6.92 Å². The predicted octanol–water partition coefficient (Wildman–Crippen LogP) is 1.43. The maximum absolute atomic E-state index is 10.6. The molecular formula is C10H11N3O3S. The molecule has 0 bridgehead atoms. The van der Waals surface area contributed by atoms with Gasteiger partial charge in [-0.15, -0.1) is 11.3 Å². The molecule has 0 aliphatic carbocycles. The third-order valence-corrected chi connectivity index (χ3v) is 2.99. The van der Waals surface area contributed by atoms with Gasteiger partial charge in [-0.1, -0.05) is 5.16 Å². The van der Waals surface area contributed by atoms with Crippen LogP contribution in [0.2, 0.25) is 0 Å². The van der Waals surface area contributed by atoms with Crippen molar-refractivity contribution in [3.05, 3.63) is 33.6 Å². The zero-order valence-corrected chi connectivity index (χ0v) is 9.95. The van der Waals surface area contributed by atoms with E-state index >= 15 is 0 Å². The van der Waals surface area contributed by atoms with Crippen LogP contribution in [0.5, 0.6) is 0 Å². The number of carboxylic acid groups (broad SMARTS) is 1. The lowest BCUT2D eigenvalue weighted by Gasteiger charge is -1.97. The predicted molar refractivity (Wildman–Crippen MR) is 60.9 cm³/mol. The zero-order chi connectivity index (χ0) is 12.3. The quantitative estimate of drug-likeness (QED) is 0.838. The summed E-state index contributed by atoms with van der Waals surface area (Å²) in [5.41, 5.74) is 0.923. The van der Waals surface area contributed by atoms with Crippen LogP contribution in [0.25, 0.3) is 0 Å². The summed E-state index contributed by atoms with van der Waals surface area (Å²) in [5, 5.41) is 18.1. The van der Waals surface area contributed by atoms with Crippen molar-refractivity contribution >= 4 is 17.3 Å². The highest BCUT2D eigenvalue weighted by atomic mass is 32.1. The minimum Gasteiger partial charge on any atom is -0.476 e. The van der Waals surface area contributed by atoms with Gasteiger partial charge in [-0.3, -0.25) is 0 Å². The highest BCUT2D eigenvalue weighted by Gasteiger charge is 2.10. The molecule has 0 aromatic carbocycles. The summed E-state index contributed by atoms with van der Waals surface area (Å²) in [5.74, 6) is -0.591. The Kier molecular flexibility index (Phi) is 3.50. The Morgan fingerprint density at radius 2 is 2.41 bits per heavy atom. The van der Waals surface area contributed by atoms with E-state index in [-0.39, 0.29) is 5.69 Å². The summed E-state index contributed by atoms with van der Waals surface area (Å²) < 4.78 is 4.86. The Balaban J connectivity index is 1.83.